The average molecular weight is 346 g/mol. The quantitative estimate of drug-likeness (QED) is 0.928. The second-order valence-electron chi connectivity index (χ2n) is 4.81. The molecule has 1 heterocycles. The van der Waals surface area contributed by atoms with Gasteiger partial charge in [0.1, 0.15) is 5.75 Å². The summed E-state index contributed by atoms with van der Waals surface area (Å²) in [6, 6.07) is 16.1. The molecule has 4 nitrogen and oxygen atoms in total. The molecule has 0 saturated carbocycles. The van der Waals surface area contributed by atoms with E-state index in [4.69, 9.17) is 10.5 Å². The average Bonchev–Trinajstić information content (AvgIpc) is 2.89. The number of ether oxygens (including phenoxy) is 1. The molecule has 108 valence electrons. The minimum Gasteiger partial charge on any atom is -0.495 e. The minimum atomic E-state index is 0.0822. The van der Waals surface area contributed by atoms with Crippen molar-refractivity contribution in [3.05, 3.63) is 58.6 Å². The molecule has 0 aromatic heterocycles. The molecule has 2 aromatic carbocycles. The fraction of sp³-hybridized carbons (Fsp3) is 0.188. The van der Waals surface area contributed by atoms with Crippen molar-refractivity contribution in [2.75, 3.05) is 18.6 Å². The summed E-state index contributed by atoms with van der Waals surface area (Å²) in [7, 11) is 1.66. The van der Waals surface area contributed by atoms with E-state index in [0.29, 0.717) is 12.5 Å². The largest absolute Gasteiger partial charge is 0.495 e. The highest BCUT2D eigenvalue weighted by atomic mass is 79.9. The lowest BCUT2D eigenvalue weighted by Gasteiger charge is -2.28. The summed E-state index contributed by atoms with van der Waals surface area (Å²) < 4.78 is 6.50. The van der Waals surface area contributed by atoms with E-state index in [2.05, 4.69) is 33.1 Å². The van der Waals surface area contributed by atoms with E-state index in [9.17, 15) is 0 Å². The number of anilines is 1. The first kappa shape index (κ1) is 13.9. The number of guanidine groups is 1. The molecule has 1 atom stereocenters. The predicted octanol–water partition coefficient (Wildman–Crippen LogP) is 3.33. The summed E-state index contributed by atoms with van der Waals surface area (Å²) in [5.41, 5.74) is 8.21. The summed E-state index contributed by atoms with van der Waals surface area (Å²) in [5, 5.41) is 0. The fourth-order valence-electron chi connectivity index (χ4n) is 2.59. The molecule has 0 aliphatic carbocycles. The van der Waals surface area contributed by atoms with E-state index in [1.165, 1.54) is 5.56 Å². The third-order valence-electron chi connectivity index (χ3n) is 3.56. The second kappa shape index (κ2) is 5.77. The summed E-state index contributed by atoms with van der Waals surface area (Å²) in [5.74, 6) is 1.31. The van der Waals surface area contributed by atoms with Crippen LogP contribution in [0.1, 0.15) is 11.6 Å². The van der Waals surface area contributed by atoms with E-state index in [-0.39, 0.29) is 6.04 Å². The number of nitrogens with two attached hydrogens (primary N) is 1. The number of benzene rings is 2. The Morgan fingerprint density at radius 2 is 2.05 bits per heavy atom. The summed E-state index contributed by atoms with van der Waals surface area (Å²) in [6.45, 7) is 0.639. The highest BCUT2D eigenvalue weighted by Crippen LogP contribution is 2.37. The zero-order valence-corrected chi connectivity index (χ0v) is 13.2. The molecule has 5 heteroatoms. The first-order valence-electron chi connectivity index (χ1n) is 6.68. The van der Waals surface area contributed by atoms with E-state index in [1.807, 2.05) is 41.3 Å². The highest BCUT2D eigenvalue weighted by Gasteiger charge is 2.30. The Morgan fingerprint density at radius 3 is 2.81 bits per heavy atom. The van der Waals surface area contributed by atoms with Crippen molar-refractivity contribution in [2.24, 2.45) is 10.7 Å². The molecular weight excluding hydrogens is 330 g/mol. The molecule has 1 aliphatic heterocycles. The van der Waals surface area contributed by atoms with Crippen LogP contribution >= 0.6 is 15.9 Å². The van der Waals surface area contributed by atoms with E-state index < -0.39 is 0 Å². The number of para-hydroxylation sites is 2. The SMILES string of the molecule is COc1ccccc1N1C(N)=NCC1c1cccc(Br)c1. The number of rotatable bonds is 3. The Bertz CT molecular complexity index is 687. The lowest BCUT2D eigenvalue weighted by Crippen LogP contribution is -2.36. The molecule has 2 N–H and O–H groups in total. The zero-order chi connectivity index (χ0) is 14.8. The number of hydrogen-bond donors (Lipinski definition) is 1. The molecule has 0 bridgehead atoms. The molecule has 0 fully saturated rings. The standard InChI is InChI=1S/C16H16BrN3O/c1-21-15-8-3-2-7-13(15)20-14(10-19-16(20)18)11-5-4-6-12(17)9-11/h2-9,14H,10H2,1H3,(H2,18,19). The van der Waals surface area contributed by atoms with Crippen molar-refractivity contribution in [1.29, 1.82) is 0 Å². The van der Waals surface area contributed by atoms with Gasteiger partial charge in [0.15, 0.2) is 5.96 Å². The van der Waals surface area contributed by atoms with Gasteiger partial charge >= 0.3 is 0 Å². The Kier molecular flexibility index (Phi) is 3.84. The van der Waals surface area contributed by atoms with Gasteiger partial charge in [0.05, 0.1) is 25.4 Å². The maximum Gasteiger partial charge on any atom is 0.196 e. The van der Waals surface area contributed by atoms with E-state index >= 15 is 0 Å². The summed E-state index contributed by atoms with van der Waals surface area (Å²) >= 11 is 3.52. The third kappa shape index (κ3) is 2.61. The Morgan fingerprint density at radius 1 is 1.24 bits per heavy atom. The predicted molar refractivity (Wildman–Crippen MR) is 88.8 cm³/mol. The van der Waals surface area contributed by atoms with Crippen LogP contribution in [0.3, 0.4) is 0 Å². The molecule has 0 saturated heterocycles. The lowest BCUT2D eigenvalue weighted by molar-refractivity contribution is 0.415. The van der Waals surface area contributed by atoms with Gasteiger partial charge in [-0.3, -0.25) is 9.89 Å². The van der Waals surface area contributed by atoms with Crippen LogP contribution in [-0.2, 0) is 0 Å². The first-order chi connectivity index (χ1) is 10.2. The van der Waals surface area contributed by atoms with Gasteiger partial charge in [-0.15, -0.1) is 0 Å². The number of halogens is 1. The number of aliphatic imine (C=N–C) groups is 1. The van der Waals surface area contributed by atoms with Crippen molar-refractivity contribution in [1.82, 2.24) is 0 Å². The number of hydrogen-bond acceptors (Lipinski definition) is 4. The van der Waals surface area contributed by atoms with Crippen LogP contribution in [0.15, 0.2) is 58.0 Å². The van der Waals surface area contributed by atoms with Gasteiger partial charge in [0, 0.05) is 4.47 Å². The smallest absolute Gasteiger partial charge is 0.196 e. The van der Waals surface area contributed by atoms with E-state index in [0.717, 1.165) is 15.9 Å². The Balaban J connectivity index is 2.04. The van der Waals surface area contributed by atoms with Crippen LogP contribution in [0.2, 0.25) is 0 Å². The van der Waals surface area contributed by atoms with Crippen LogP contribution in [0.25, 0.3) is 0 Å². The minimum absolute atomic E-state index is 0.0822. The zero-order valence-electron chi connectivity index (χ0n) is 11.7. The Labute approximate surface area is 132 Å². The molecule has 1 unspecified atom stereocenters. The second-order valence-corrected chi connectivity index (χ2v) is 5.73. The van der Waals surface area contributed by atoms with Crippen molar-refractivity contribution in [3.63, 3.8) is 0 Å². The van der Waals surface area contributed by atoms with Gasteiger partial charge in [-0.1, -0.05) is 40.2 Å². The normalized spacial score (nSPS) is 17.7. The first-order valence-corrected chi connectivity index (χ1v) is 7.47. The van der Waals surface area contributed by atoms with Gasteiger partial charge in [-0.05, 0) is 29.8 Å². The van der Waals surface area contributed by atoms with Gasteiger partial charge < -0.3 is 10.5 Å². The molecule has 21 heavy (non-hydrogen) atoms. The molecule has 3 rings (SSSR count). The lowest BCUT2D eigenvalue weighted by atomic mass is 10.1. The highest BCUT2D eigenvalue weighted by molar-refractivity contribution is 9.10. The topological polar surface area (TPSA) is 50.9 Å². The third-order valence-corrected chi connectivity index (χ3v) is 4.06. The summed E-state index contributed by atoms with van der Waals surface area (Å²) in [6.07, 6.45) is 0. The van der Waals surface area contributed by atoms with Crippen LogP contribution in [-0.4, -0.2) is 19.6 Å². The molecule has 0 radical (unpaired) electrons. The molecule has 1 aliphatic rings. The van der Waals surface area contributed by atoms with E-state index in [1.54, 1.807) is 7.11 Å². The van der Waals surface area contributed by atoms with Gasteiger partial charge in [0.2, 0.25) is 0 Å². The van der Waals surface area contributed by atoms with Crippen LogP contribution < -0.4 is 15.4 Å². The maximum atomic E-state index is 6.11. The maximum absolute atomic E-state index is 6.11. The van der Waals surface area contributed by atoms with Crippen molar-refractivity contribution >= 4 is 27.6 Å². The van der Waals surface area contributed by atoms with Gasteiger partial charge in [0.25, 0.3) is 0 Å². The number of methoxy groups -OCH3 is 1. The number of nitrogens with zero attached hydrogens (tertiary/aromatic N) is 2. The Hall–Kier alpha value is -2.01. The van der Waals surface area contributed by atoms with Crippen LogP contribution in [0.4, 0.5) is 5.69 Å². The summed E-state index contributed by atoms with van der Waals surface area (Å²) in [4.78, 5) is 6.43. The van der Waals surface area contributed by atoms with Crippen molar-refractivity contribution < 1.29 is 4.74 Å². The van der Waals surface area contributed by atoms with Crippen LogP contribution in [0.5, 0.6) is 5.75 Å². The van der Waals surface area contributed by atoms with Gasteiger partial charge in [-0.2, -0.15) is 0 Å². The van der Waals surface area contributed by atoms with Gasteiger partial charge in [-0.25, -0.2) is 0 Å². The fourth-order valence-corrected chi connectivity index (χ4v) is 3.00. The monoisotopic (exact) mass is 345 g/mol. The van der Waals surface area contributed by atoms with Crippen molar-refractivity contribution in [3.8, 4) is 5.75 Å². The molecule has 2 aromatic rings. The molecule has 0 amide bonds. The van der Waals surface area contributed by atoms with Crippen molar-refractivity contribution in [2.45, 2.75) is 6.04 Å². The molecular formula is C16H16BrN3O. The van der Waals surface area contributed by atoms with Crippen LogP contribution in [0, 0.1) is 0 Å². The molecule has 0 spiro atoms.